The summed E-state index contributed by atoms with van der Waals surface area (Å²) in [6.07, 6.45) is 6.87. The summed E-state index contributed by atoms with van der Waals surface area (Å²) < 4.78 is 1.16. The Balaban J connectivity index is 1.77. The first-order valence-electron chi connectivity index (χ1n) is 7.03. The maximum absolute atomic E-state index is 4.55. The quantitative estimate of drug-likeness (QED) is 0.893. The van der Waals surface area contributed by atoms with Gasteiger partial charge in [-0.05, 0) is 30.2 Å². The zero-order chi connectivity index (χ0) is 13.1. The molecule has 1 aliphatic carbocycles. The van der Waals surface area contributed by atoms with Crippen molar-refractivity contribution < 1.29 is 0 Å². The molecule has 4 nitrogen and oxygen atoms in total. The highest BCUT2D eigenvalue weighted by molar-refractivity contribution is 7.17. The fraction of sp³-hybridized carbons (Fsp3) is 0.571. The van der Waals surface area contributed by atoms with E-state index in [1.165, 1.54) is 32.1 Å². The normalized spacial score (nSPS) is 16.7. The number of thiophene rings is 1. The summed E-state index contributed by atoms with van der Waals surface area (Å²) in [5, 5.41) is 8.64. The van der Waals surface area contributed by atoms with Crippen LogP contribution in [0.5, 0.6) is 0 Å². The second-order valence-electron chi connectivity index (χ2n) is 5.17. The highest BCUT2D eigenvalue weighted by atomic mass is 32.1. The smallest absolute Gasteiger partial charge is 0.225 e. The van der Waals surface area contributed by atoms with E-state index in [0.29, 0.717) is 5.95 Å². The Labute approximate surface area is 117 Å². The lowest BCUT2D eigenvalue weighted by atomic mass is 9.89. The van der Waals surface area contributed by atoms with Crippen LogP contribution < -0.4 is 10.6 Å². The number of nitrogens with zero attached hydrogens (tertiary/aromatic N) is 2. The van der Waals surface area contributed by atoms with E-state index < -0.39 is 0 Å². The molecule has 0 amide bonds. The molecule has 1 fully saturated rings. The highest BCUT2D eigenvalue weighted by Gasteiger charge is 2.14. The Morgan fingerprint density at radius 3 is 2.89 bits per heavy atom. The van der Waals surface area contributed by atoms with Crippen LogP contribution in [0.2, 0.25) is 0 Å². The zero-order valence-electron chi connectivity index (χ0n) is 11.3. The molecule has 0 unspecified atom stereocenters. The van der Waals surface area contributed by atoms with Gasteiger partial charge in [-0.2, -0.15) is 4.98 Å². The van der Waals surface area contributed by atoms with Crippen LogP contribution in [0.15, 0.2) is 11.4 Å². The largest absolute Gasteiger partial charge is 0.368 e. The van der Waals surface area contributed by atoms with Crippen LogP contribution in [0.25, 0.3) is 10.2 Å². The summed E-state index contributed by atoms with van der Waals surface area (Å²) in [4.78, 5) is 9.01. The summed E-state index contributed by atoms with van der Waals surface area (Å²) >= 11 is 1.70. The summed E-state index contributed by atoms with van der Waals surface area (Å²) in [7, 11) is 1.86. The third-order valence-corrected chi connectivity index (χ3v) is 4.72. The van der Waals surface area contributed by atoms with Gasteiger partial charge < -0.3 is 10.6 Å². The van der Waals surface area contributed by atoms with Crippen LogP contribution in [0.1, 0.15) is 32.1 Å². The van der Waals surface area contributed by atoms with Crippen molar-refractivity contribution in [1.29, 1.82) is 0 Å². The third kappa shape index (κ3) is 2.81. The van der Waals surface area contributed by atoms with Crippen LogP contribution in [0.3, 0.4) is 0 Å². The van der Waals surface area contributed by atoms with Crippen molar-refractivity contribution in [2.45, 2.75) is 32.1 Å². The molecule has 2 aromatic rings. The van der Waals surface area contributed by atoms with Crippen molar-refractivity contribution >= 4 is 33.3 Å². The van der Waals surface area contributed by atoms with E-state index in [1.54, 1.807) is 11.3 Å². The van der Waals surface area contributed by atoms with Gasteiger partial charge in [0.1, 0.15) is 5.82 Å². The molecule has 0 atom stereocenters. The molecule has 2 N–H and O–H groups in total. The van der Waals surface area contributed by atoms with Crippen LogP contribution in [-0.4, -0.2) is 23.6 Å². The maximum atomic E-state index is 4.55. The Bertz CT molecular complexity index is 545. The molecule has 2 heterocycles. The van der Waals surface area contributed by atoms with Gasteiger partial charge in [-0.1, -0.05) is 19.3 Å². The lowest BCUT2D eigenvalue weighted by molar-refractivity contribution is 0.373. The first-order chi connectivity index (χ1) is 9.36. The number of hydrogen-bond acceptors (Lipinski definition) is 5. The van der Waals surface area contributed by atoms with Crippen LogP contribution in [0.4, 0.5) is 11.8 Å². The predicted molar refractivity (Wildman–Crippen MR) is 82.0 cm³/mol. The van der Waals surface area contributed by atoms with E-state index in [2.05, 4.69) is 26.0 Å². The van der Waals surface area contributed by atoms with Gasteiger partial charge >= 0.3 is 0 Å². The van der Waals surface area contributed by atoms with E-state index in [-0.39, 0.29) is 0 Å². The zero-order valence-corrected chi connectivity index (χ0v) is 12.1. The Morgan fingerprint density at radius 2 is 2.11 bits per heavy atom. The van der Waals surface area contributed by atoms with Crippen LogP contribution >= 0.6 is 11.3 Å². The number of rotatable bonds is 4. The van der Waals surface area contributed by atoms with Gasteiger partial charge in [0, 0.05) is 13.6 Å². The van der Waals surface area contributed by atoms with E-state index in [0.717, 1.165) is 28.5 Å². The first-order valence-corrected chi connectivity index (χ1v) is 7.91. The predicted octanol–water partition coefficient (Wildman–Crippen LogP) is 3.73. The van der Waals surface area contributed by atoms with Gasteiger partial charge in [-0.15, -0.1) is 11.3 Å². The number of fused-ring (bicyclic) bond motifs is 1. The van der Waals surface area contributed by atoms with E-state index in [9.17, 15) is 0 Å². The summed E-state index contributed by atoms with van der Waals surface area (Å²) in [6, 6.07) is 2.05. The molecule has 2 aromatic heterocycles. The van der Waals surface area contributed by atoms with Gasteiger partial charge in [-0.25, -0.2) is 4.98 Å². The minimum Gasteiger partial charge on any atom is -0.368 e. The molecular weight excluding hydrogens is 256 g/mol. The van der Waals surface area contributed by atoms with Crippen molar-refractivity contribution in [3.8, 4) is 0 Å². The SMILES string of the molecule is CNc1nc(NCC2CCCCC2)c2sccc2n1. The number of nitrogens with one attached hydrogen (secondary N) is 2. The molecule has 0 spiro atoms. The monoisotopic (exact) mass is 276 g/mol. The molecular formula is C14H20N4S. The molecule has 0 bridgehead atoms. The van der Waals surface area contributed by atoms with E-state index >= 15 is 0 Å². The lowest BCUT2D eigenvalue weighted by Gasteiger charge is -2.22. The standard InChI is InChI=1S/C14H20N4S/c1-15-14-17-11-7-8-19-12(11)13(18-14)16-9-10-5-3-2-4-6-10/h7-8,10H,2-6,9H2,1H3,(H2,15,16,17,18). The highest BCUT2D eigenvalue weighted by Crippen LogP contribution is 2.29. The molecule has 1 aliphatic rings. The molecule has 0 aliphatic heterocycles. The topological polar surface area (TPSA) is 49.8 Å². The fourth-order valence-electron chi connectivity index (χ4n) is 2.73. The Morgan fingerprint density at radius 1 is 1.26 bits per heavy atom. The van der Waals surface area contributed by atoms with E-state index in [4.69, 9.17) is 0 Å². The lowest BCUT2D eigenvalue weighted by Crippen LogP contribution is -2.18. The van der Waals surface area contributed by atoms with Gasteiger partial charge in [0.15, 0.2) is 0 Å². The van der Waals surface area contributed by atoms with Gasteiger partial charge in [-0.3, -0.25) is 0 Å². The average Bonchev–Trinajstić information content (AvgIpc) is 2.94. The fourth-order valence-corrected chi connectivity index (χ4v) is 3.52. The molecule has 0 radical (unpaired) electrons. The Kier molecular flexibility index (Phi) is 3.82. The molecule has 102 valence electrons. The maximum Gasteiger partial charge on any atom is 0.225 e. The van der Waals surface area contributed by atoms with Gasteiger partial charge in [0.2, 0.25) is 5.95 Å². The minimum atomic E-state index is 0.692. The number of aromatic nitrogens is 2. The number of anilines is 2. The van der Waals surface area contributed by atoms with Crippen molar-refractivity contribution in [3.05, 3.63) is 11.4 Å². The summed E-state index contributed by atoms with van der Waals surface area (Å²) in [5.74, 6) is 2.48. The number of hydrogen-bond donors (Lipinski definition) is 2. The third-order valence-electron chi connectivity index (χ3n) is 3.81. The van der Waals surface area contributed by atoms with Crippen molar-refractivity contribution in [2.75, 3.05) is 24.2 Å². The van der Waals surface area contributed by atoms with Crippen molar-refractivity contribution in [1.82, 2.24) is 9.97 Å². The molecule has 3 rings (SSSR count). The Hall–Kier alpha value is -1.36. The van der Waals surface area contributed by atoms with Crippen LogP contribution in [0, 0.1) is 5.92 Å². The first kappa shape index (κ1) is 12.7. The van der Waals surface area contributed by atoms with Crippen molar-refractivity contribution in [2.24, 2.45) is 5.92 Å². The molecule has 5 heteroatoms. The molecule has 0 saturated heterocycles. The van der Waals surface area contributed by atoms with Gasteiger partial charge in [0.25, 0.3) is 0 Å². The minimum absolute atomic E-state index is 0.692. The summed E-state index contributed by atoms with van der Waals surface area (Å²) in [5.41, 5.74) is 1.02. The second-order valence-corrected chi connectivity index (χ2v) is 6.08. The van der Waals surface area contributed by atoms with E-state index in [1.807, 2.05) is 13.1 Å². The van der Waals surface area contributed by atoms with Crippen molar-refractivity contribution in [3.63, 3.8) is 0 Å². The van der Waals surface area contributed by atoms with Crippen LogP contribution in [-0.2, 0) is 0 Å². The molecule has 0 aromatic carbocycles. The second kappa shape index (κ2) is 5.74. The van der Waals surface area contributed by atoms with Gasteiger partial charge in [0.05, 0.1) is 10.2 Å². The molecule has 19 heavy (non-hydrogen) atoms. The molecule has 1 saturated carbocycles. The summed E-state index contributed by atoms with van der Waals surface area (Å²) in [6.45, 7) is 1.03. The average molecular weight is 276 g/mol.